The summed E-state index contributed by atoms with van der Waals surface area (Å²) in [6, 6.07) is 0. The standard InChI is InChI=1S/C61H96O6/c1-4-7-10-13-15-17-19-20-21-22-23-24-25-26-27-28-29-30-31-32-33-34-35-36-37-38-39-40-42-43-45-48-51-54-60(63)66-57-58(56-65-59(62)53-50-47-12-9-6-3)67-61(64)55-52-49-46-44-41-18-16-14-11-8-5-2/h7,10,14-17,20-21,23-24,26-27,29-30,32-33,35-36,38-39,42-43,58H,4-6,8-9,11-13,18-19,22,25,28,31,34,37,40-41,44-57H2,1-3H3/b10-7-,16-14-,17-15-,21-20-,24-23-,27-26-,30-29-,33-32-,36-35-,39-38-,43-42-. The van der Waals surface area contributed by atoms with E-state index in [1.54, 1.807) is 0 Å². The molecule has 0 fully saturated rings. The molecule has 0 aliphatic carbocycles. The van der Waals surface area contributed by atoms with Crippen LogP contribution in [0.25, 0.3) is 0 Å². The van der Waals surface area contributed by atoms with Gasteiger partial charge in [0.25, 0.3) is 0 Å². The molecule has 0 bridgehead atoms. The molecule has 0 radical (unpaired) electrons. The Kier molecular flexibility index (Phi) is 50.6. The van der Waals surface area contributed by atoms with E-state index >= 15 is 0 Å². The van der Waals surface area contributed by atoms with Gasteiger partial charge < -0.3 is 14.2 Å². The van der Waals surface area contributed by atoms with Crippen LogP contribution < -0.4 is 0 Å². The maximum atomic E-state index is 12.7. The summed E-state index contributed by atoms with van der Waals surface area (Å²) in [5, 5.41) is 0. The van der Waals surface area contributed by atoms with E-state index in [4.69, 9.17) is 14.2 Å². The highest BCUT2D eigenvalue weighted by Gasteiger charge is 2.19. The van der Waals surface area contributed by atoms with E-state index in [1.807, 2.05) is 0 Å². The topological polar surface area (TPSA) is 78.9 Å². The summed E-state index contributed by atoms with van der Waals surface area (Å²) < 4.78 is 16.6. The molecule has 6 nitrogen and oxygen atoms in total. The first-order valence-corrected chi connectivity index (χ1v) is 26.7. The third kappa shape index (κ3) is 52.4. The lowest BCUT2D eigenvalue weighted by molar-refractivity contribution is -0.167. The molecule has 0 saturated heterocycles. The van der Waals surface area contributed by atoms with Crippen LogP contribution in [0.15, 0.2) is 134 Å². The zero-order valence-corrected chi connectivity index (χ0v) is 42.9. The van der Waals surface area contributed by atoms with Crippen molar-refractivity contribution in [3.05, 3.63) is 134 Å². The van der Waals surface area contributed by atoms with Gasteiger partial charge in [0.15, 0.2) is 6.10 Å². The van der Waals surface area contributed by atoms with Gasteiger partial charge in [-0.2, -0.15) is 0 Å². The largest absolute Gasteiger partial charge is 0.462 e. The molecule has 0 heterocycles. The van der Waals surface area contributed by atoms with E-state index in [0.29, 0.717) is 25.7 Å². The predicted molar refractivity (Wildman–Crippen MR) is 288 cm³/mol. The average Bonchev–Trinajstić information content (AvgIpc) is 3.33. The molecule has 6 heteroatoms. The number of hydrogen-bond acceptors (Lipinski definition) is 6. The summed E-state index contributed by atoms with van der Waals surface area (Å²) in [6.45, 7) is 6.32. The molecule has 0 aromatic heterocycles. The molecule has 1 atom stereocenters. The first kappa shape index (κ1) is 62.5. The van der Waals surface area contributed by atoms with Crippen LogP contribution >= 0.6 is 0 Å². The van der Waals surface area contributed by atoms with E-state index in [9.17, 15) is 14.4 Å². The number of allylic oxidation sites excluding steroid dienone is 22. The molecule has 376 valence electrons. The van der Waals surface area contributed by atoms with E-state index in [-0.39, 0.29) is 31.1 Å². The molecular formula is C61H96O6. The van der Waals surface area contributed by atoms with Gasteiger partial charge in [-0.05, 0) is 116 Å². The first-order chi connectivity index (χ1) is 33.0. The van der Waals surface area contributed by atoms with Crippen LogP contribution in [-0.2, 0) is 28.6 Å². The quantitative estimate of drug-likeness (QED) is 0.0262. The minimum absolute atomic E-state index is 0.0994. The number of rotatable bonds is 46. The third-order valence-electron chi connectivity index (χ3n) is 10.6. The molecule has 1 unspecified atom stereocenters. The van der Waals surface area contributed by atoms with Crippen LogP contribution in [0.4, 0.5) is 0 Å². The lowest BCUT2D eigenvalue weighted by Gasteiger charge is -2.18. The van der Waals surface area contributed by atoms with Crippen molar-refractivity contribution in [3.63, 3.8) is 0 Å². The Morgan fingerprint density at radius 3 is 1.00 bits per heavy atom. The molecule has 0 rings (SSSR count). The van der Waals surface area contributed by atoms with Gasteiger partial charge in [0.1, 0.15) is 13.2 Å². The number of hydrogen-bond donors (Lipinski definition) is 0. The van der Waals surface area contributed by atoms with Gasteiger partial charge in [0.2, 0.25) is 0 Å². The highest BCUT2D eigenvalue weighted by Crippen LogP contribution is 2.12. The van der Waals surface area contributed by atoms with Gasteiger partial charge in [-0.25, -0.2) is 0 Å². The zero-order valence-electron chi connectivity index (χ0n) is 42.9. The maximum Gasteiger partial charge on any atom is 0.306 e. The summed E-state index contributed by atoms with van der Waals surface area (Å²) in [4.78, 5) is 37.6. The van der Waals surface area contributed by atoms with Crippen LogP contribution in [0.2, 0.25) is 0 Å². The molecular weight excluding hydrogens is 829 g/mol. The van der Waals surface area contributed by atoms with Crippen molar-refractivity contribution in [2.24, 2.45) is 0 Å². The van der Waals surface area contributed by atoms with Crippen molar-refractivity contribution in [2.75, 3.05) is 13.2 Å². The number of carbonyl (C=O) groups is 3. The first-order valence-electron chi connectivity index (χ1n) is 26.7. The van der Waals surface area contributed by atoms with Crippen LogP contribution in [0, 0.1) is 0 Å². The van der Waals surface area contributed by atoms with Crippen molar-refractivity contribution in [3.8, 4) is 0 Å². The highest BCUT2D eigenvalue weighted by atomic mass is 16.6. The van der Waals surface area contributed by atoms with Gasteiger partial charge in [-0.15, -0.1) is 0 Å². The minimum Gasteiger partial charge on any atom is -0.462 e. The smallest absolute Gasteiger partial charge is 0.306 e. The zero-order chi connectivity index (χ0) is 48.6. The summed E-state index contributed by atoms with van der Waals surface area (Å²) in [7, 11) is 0. The molecule has 0 amide bonds. The van der Waals surface area contributed by atoms with Gasteiger partial charge in [-0.3, -0.25) is 14.4 Å². The highest BCUT2D eigenvalue weighted by molar-refractivity contribution is 5.71. The second-order valence-corrected chi connectivity index (χ2v) is 17.1. The van der Waals surface area contributed by atoms with E-state index in [2.05, 4.69) is 154 Å². The van der Waals surface area contributed by atoms with Crippen molar-refractivity contribution >= 4 is 17.9 Å². The number of carbonyl (C=O) groups excluding carboxylic acids is 3. The minimum atomic E-state index is -0.798. The van der Waals surface area contributed by atoms with Gasteiger partial charge in [-0.1, -0.05) is 212 Å². The van der Waals surface area contributed by atoms with E-state index in [0.717, 1.165) is 141 Å². The van der Waals surface area contributed by atoms with Gasteiger partial charge in [0, 0.05) is 19.3 Å². The Morgan fingerprint density at radius 1 is 0.313 bits per heavy atom. The Morgan fingerprint density at radius 2 is 0.597 bits per heavy atom. The second-order valence-electron chi connectivity index (χ2n) is 17.1. The van der Waals surface area contributed by atoms with Crippen LogP contribution in [-0.4, -0.2) is 37.2 Å². The van der Waals surface area contributed by atoms with Gasteiger partial charge >= 0.3 is 17.9 Å². The van der Waals surface area contributed by atoms with E-state index in [1.165, 1.54) is 25.7 Å². The van der Waals surface area contributed by atoms with Crippen LogP contribution in [0.5, 0.6) is 0 Å². The van der Waals surface area contributed by atoms with Crippen molar-refractivity contribution < 1.29 is 28.6 Å². The molecule has 0 spiro atoms. The summed E-state index contributed by atoms with van der Waals surface area (Å²) in [6.07, 6.45) is 76.4. The molecule has 67 heavy (non-hydrogen) atoms. The average molecular weight is 925 g/mol. The lowest BCUT2D eigenvalue weighted by Crippen LogP contribution is -2.30. The fraction of sp³-hybridized carbons (Fsp3) is 0.590. The lowest BCUT2D eigenvalue weighted by atomic mass is 10.1. The summed E-state index contributed by atoms with van der Waals surface area (Å²) in [5.74, 6) is -0.981. The van der Waals surface area contributed by atoms with Gasteiger partial charge in [0.05, 0.1) is 0 Å². The summed E-state index contributed by atoms with van der Waals surface area (Å²) in [5.41, 5.74) is 0. The maximum absolute atomic E-state index is 12.7. The van der Waals surface area contributed by atoms with Crippen molar-refractivity contribution in [1.29, 1.82) is 0 Å². The number of ether oxygens (including phenoxy) is 3. The fourth-order valence-corrected chi connectivity index (χ4v) is 6.62. The Hall–Kier alpha value is -4.45. The molecule has 0 saturated carbocycles. The normalized spacial score (nSPS) is 13.2. The Bertz CT molecular complexity index is 1480. The molecule has 0 aromatic carbocycles. The number of unbranched alkanes of at least 4 members (excludes halogenated alkanes) is 13. The SMILES string of the molecule is CC/C=C\C/C=C\C/C=C\C/C=C\C/C=C\C/C=C\C/C=C\C/C=C\C/C=C\C/C=C\CCCCC(=O)OCC(COC(=O)CCCCCCC)OC(=O)CCCCCCC/C=C\CCCC. The molecule has 0 aliphatic rings. The molecule has 0 N–H and O–H groups in total. The monoisotopic (exact) mass is 925 g/mol. The van der Waals surface area contributed by atoms with E-state index < -0.39 is 6.10 Å². The molecule has 0 aliphatic heterocycles. The summed E-state index contributed by atoms with van der Waals surface area (Å²) >= 11 is 0. The predicted octanol–water partition coefficient (Wildman–Crippen LogP) is 17.9. The van der Waals surface area contributed by atoms with Crippen LogP contribution in [0.1, 0.15) is 213 Å². The Labute approximate surface area is 411 Å². The second kappa shape index (κ2) is 54.2. The molecule has 0 aromatic rings. The van der Waals surface area contributed by atoms with Crippen molar-refractivity contribution in [1.82, 2.24) is 0 Å². The third-order valence-corrected chi connectivity index (χ3v) is 10.6. The Balaban J connectivity index is 4.17. The number of esters is 3. The van der Waals surface area contributed by atoms with Crippen LogP contribution in [0.3, 0.4) is 0 Å². The fourth-order valence-electron chi connectivity index (χ4n) is 6.62. The van der Waals surface area contributed by atoms with Crippen molar-refractivity contribution in [2.45, 2.75) is 219 Å².